The van der Waals surface area contributed by atoms with E-state index in [1.54, 1.807) is 6.20 Å². The fraction of sp³-hybridized carbons (Fsp3) is 0.500. The number of rotatable bonds is 4. The van der Waals surface area contributed by atoms with Crippen molar-refractivity contribution in [3.05, 3.63) is 29.0 Å². The maximum Gasteiger partial charge on any atom is 0.240 e. The number of likely N-dealkylation sites (tertiary alicyclic amines) is 1. The van der Waals surface area contributed by atoms with Gasteiger partial charge in [0.05, 0.1) is 12.2 Å². The minimum Gasteiger partial charge on any atom is -0.301 e. The van der Waals surface area contributed by atoms with Gasteiger partial charge in [0.15, 0.2) is 5.13 Å². The van der Waals surface area contributed by atoms with Crippen molar-refractivity contribution in [1.29, 1.82) is 0 Å². The van der Waals surface area contributed by atoms with E-state index in [0.717, 1.165) is 37.3 Å². The number of nitrogens with one attached hydrogen (secondary N) is 2. The molecular formula is C14H19N5OS. The molecule has 0 unspecified atom stereocenters. The van der Waals surface area contributed by atoms with Crippen LogP contribution in [-0.4, -0.2) is 45.6 Å². The van der Waals surface area contributed by atoms with Crippen molar-refractivity contribution in [1.82, 2.24) is 20.1 Å². The predicted molar refractivity (Wildman–Crippen MR) is 82.5 cm³/mol. The highest BCUT2D eigenvalue weighted by atomic mass is 32.1. The van der Waals surface area contributed by atoms with Gasteiger partial charge in [-0.25, -0.2) is 4.98 Å². The van der Waals surface area contributed by atoms with Gasteiger partial charge in [0.25, 0.3) is 0 Å². The molecule has 0 saturated carbocycles. The lowest BCUT2D eigenvalue weighted by Crippen LogP contribution is -2.39. The van der Waals surface area contributed by atoms with Crippen LogP contribution in [0, 0.1) is 6.92 Å². The molecule has 1 atom stereocenters. The van der Waals surface area contributed by atoms with Crippen molar-refractivity contribution in [2.24, 2.45) is 0 Å². The van der Waals surface area contributed by atoms with Crippen molar-refractivity contribution in [2.75, 3.05) is 25.0 Å². The van der Waals surface area contributed by atoms with Crippen LogP contribution in [0.3, 0.4) is 0 Å². The van der Waals surface area contributed by atoms with Gasteiger partial charge in [0, 0.05) is 29.7 Å². The molecule has 0 bridgehead atoms. The summed E-state index contributed by atoms with van der Waals surface area (Å²) < 4.78 is 0. The van der Waals surface area contributed by atoms with Crippen molar-refractivity contribution in [3.8, 4) is 0 Å². The summed E-state index contributed by atoms with van der Waals surface area (Å²) in [5.74, 6) is 0.417. The molecular weight excluding hydrogens is 286 g/mol. The SMILES string of the molecule is Cc1cc([C@H]2CCCN(CC(=O)Nc3nccs3)C2)n[nH]1. The van der Waals surface area contributed by atoms with E-state index in [4.69, 9.17) is 0 Å². The van der Waals surface area contributed by atoms with Gasteiger partial charge in [-0.2, -0.15) is 5.10 Å². The van der Waals surface area contributed by atoms with Gasteiger partial charge in [0.1, 0.15) is 0 Å². The Morgan fingerprint density at radius 2 is 2.52 bits per heavy atom. The van der Waals surface area contributed by atoms with Crippen molar-refractivity contribution >= 4 is 22.4 Å². The second-order valence-electron chi connectivity index (χ2n) is 5.44. The molecule has 7 heteroatoms. The van der Waals surface area contributed by atoms with Crippen molar-refractivity contribution < 1.29 is 4.79 Å². The Morgan fingerprint density at radius 3 is 3.24 bits per heavy atom. The van der Waals surface area contributed by atoms with E-state index in [1.807, 2.05) is 12.3 Å². The predicted octanol–water partition coefficient (Wildman–Crippen LogP) is 1.99. The summed E-state index contributed by atoms with van der Waals surface area (Å²) in [4.78, 5) is 18.3. The summed E-state index contributed by atoms with van der Waals surface area (Å²) in [5, 5.41) is 12.7. The molecule has 1 aliphatic rings. The zero-order valence-corrected chi connectivity index (χ0v) is 12.8. The first-order valence-electron chi connectivity index (χ1n) is 7.14. The van der Waals surface area contributed by atoms with E-state index in [1.165, 1.54) is 11.3 Å². The molecule has 6 nitrogen and oxygen atoms in total. The number of carbonyl (C=O) groups excluding carboxylic acids is 1. The Labute approximate surface area is 127 Å². The molecule has 0 spiro atoms. The summed E-state index contributed by atoms with van der Waals surface area (Å²) in [5.41, 5.74) is 2.20. The lowest BCUT2D eigenvalue weighted by Gasteiger charge is -2.31. The highest BCUT2D eigenvalue weighted by Crippen LogP contribution is 2.25. The number of hydrogen-bond acceptors (Lipinski definition) is 5. The molecule has 0 aromatic carbocycles. The third-order valence-corrected chi connectivity index (χ3v) is 4.38. The third-order valence-electron chi connectivity index (χ3n) is 3.70. The highest BCUT2D eigenvalue weighted by molar-refractivity contribution is 7.13. The van der Waals surface area contributed by atoms with Crippen LogP contribution in [0.5, 0.6) is 0 Å². The molecule has 3 heterocycles. The first kappa shape index (κ1) is 14.2. The number of piperidine rings is 1. The largest absolute Gasteiger partial charge is 0.301 e. The van der Waals surface area contributed by atoms with Gasteiger partial charge in [-0.3, -0.25) is 14.8 Å². The number of anilines is 1. The topological polar surface area (TPSA) is 73.9 Å². The fourth-order valence-corrected chi connectivity index (χ4v) is 3.28. The minimum absolute atomic E-state index is 0.00353. The normalized spacial score (nSPS) is 19.6. The number of aryl methyl sites for hydroxylation is 1. The maximum atomic E-state index is 12.0. The van der Waals surface area contributed by atoms with E-state index in [2.05, 4.69) is 31.5 Å². The molecule has 1 saturated heterocycles. The molecule has 1 fully saturated rings. The minimum atomic E-state index is 0.00353. The van der Waals surface area contributed by atoms with E-state index in [-0.39, 0.29) is 5.91 Å². The molecule has 2 N–H and O–H groups in total. The Bertz CT molecular complexity index is 594. The number of carbonyl (C=O) groups is 1. The van der Waals surface area contributed by atoms with Crippen LogP contribution in [0.1, 0.15) is 30.1 Å². The van der Waals surface area contributed by atoms with E-state index >= 15 is 0 Å². The van der Waals surface area contributed by atoms with E-state index < -0.39 is 0 Å². The lowest BCUT2D eigenvalue weighted by atomic mass is 9.94. The number of nitrogens with zero attached hydrogens (tertiary/aromatic N) is 3. The first-order chi connectivity index (χ1) is 10.2. The molecule has 2 aromatic rings. The van der Waals surface area contributed by atoms with Gasteiger partial charge >= 0.3 is 0 Å². The number of thiazole rings is 1. The van der Waals surface area contributed by atoms with E-state index in [9.17, 15) is 4.79 Å². The van der Waals surface area contributed by atoms with Gasteiger partial charge in [-0.1, -0.05) is 0 Å². The molecule has 112 valence electrons. The summed E-state index contributed by atoms with van der Waals surface area (Å²) in [6.45, 7) is 4.28. The summed E-state index contributed by atoms with van der Waals surface area (Å²) in [6, 6.07) is 2.10. The number of H-pyrrole nitrogens is 1. The second kappa shape index (κ2) is 6.36. The summed E-state index contributed by atoms with van der Waals surface area (Å²) >= 11 is 1.44. The Balaban J connectivity index is 1.55. The average molecular weight is 305 g/mol. The van der Waals surface area contributed by atoms with Crippen LogP contribution in [0.4, 0.5) is 5.13 Å². The monoisotopic (exact) mass is 305 g/mol. The highest BCUT2D eigenvalue weighted by Gasteiger charge is 2.24. The molecule has 21 heavy (non-hydrogen) atoms. The van der Waals surface area contributed by atoms with Crippen LogP contribution in [-0.2, 0) is 4.79 Å². The molecule has 3 rings (SSSR count). The Kier molecular flexibility index (Phi) is 4.31. The smallest absolute Gasteiger partial charge is 0.240 e. The standard InChI is InChI=1S/C14H19N5OS/c1-10-7-12(18-17-10)11-3-2-5-19(8-11)9-13(20)16-14-15-4-6-21-14/h4,6-7,11H,2-3,5,8-9H2,1H3,(H,17,18)(H,15,16,20)/t11-/m0/s1. The third kappa shape index (κ3) is 3.68. The molecule has 2 aromatic heterocycles. The number of amides is 1. The molecule has 0 radical (unpaired) electrons. The summed E-state index contributed by atoms with van der Waals surface area (Å²) in [6.07, 6.45) is 3.92. The Hall–Kier alpha value is -1.73. The average Bonchev–Trinajstić information content (AvgIpc) is 3.10. The zero-order valence-electron chi connectivity index (χ0n) is 12.0. The van der Waals surface area contributed by atoms with Gasteiger partial charge < -0.3 is 5.32 Å². The van der Waals surface area contributed by atoms with Crippen molar-refractivity contribution in [2.45, 2.75) is 25.7 Å². The number of aromatic nitrogens is 3. The molecule has 0 aliphatic carbocycles. The maximum absolute atomic E-state index is 12.0. The second-order valence-corrected chi connectivity index (χ2v) is 6.33. The Morgan fingerprint density at radius 1 is 1.62 bits per heavy atom. The van der Waals surface area contributed by atoms with Gasteiger partial charge in [0.2, 0.25) is 5.91 Å². The van der Waals surface area contributed by atoms with Crippen LogP contribution in [0.15, 0.2) is 17.6 Å². The van der Waals surface area contributed by atoms with E-state index in [0.29, 0.717) is 17.6 Å². The number of aromatic amines is 1. The van der Waals surface area contributed by atoms with Gasteiger partial charge in [-0.05, 0) is 32.4 Å². The van der Waals surface area contributed by atoms with Crippen LogP contribution in [0.2, 0.25) is 0 Å². The fourth-order valence-electron chi connectivity index (χ4n) is 2.74. The van der Waals surface area contributed by atoms with Crippen LogP contribution < -0.4 is 5.32 Å². The van der Waals surface area contributed by atoms with Gasteiger partial charge in [-0.15, -0.1) is 11.3 Å². The first-order valence-corrected chi connectivity index (χ1v) is 8.02. The van der Waals surface area contributed by atoms with Crippen molar-refractivity contribution in [3.63, 3.8) is 0 Å². The van der Waals surface area contributed by atoms with Crippen LogP contribution >= 0.6 is 11.3 Å². The van der Waals surface area contributed by atoms with Crippen LogP contribution in [0.25, 0.3) is 0 Å². The zero-order chi connectivity index (χ0) is 14.7. The quantitative estimate of drug-likeness (QED) is 0.906. The number of hydrogen-bond donors (Lipinski definition) is 2. The lowest BCUT2D eigenvalue weighted by molar-refractivity contribution is -0.117. The summed E-state index contributed by atoms with van der Waals surface area (Å²) in [7, 11) is 0. The molecule has 1 aliphatic heterocycles. The molecule has 1 amide bonds.